The van der Waals surface area contributed by atoms with Crippen LogP contribution in [-0.2, 0) is 4.79 Å². The molecule has 154 valence electrons. The molecule has 1 unspecified atom stereocenters. The molecule has 0 spiro atoms. The van der Waals surface area contributed by atoms with Gasteiger partial charge in [-0.3, -0.25) is 14.9 Å². The molecule has 0 bridgehead atoms. The van der Waals surface area contributed by atoms with Crippen molar-refractivity contribution in [1.82, 2.24) is 0 Å². The van der Waals surface area contributed by atoms with Crippen molar-refractivity contribution < 1.29 is 24.1 Å². The second kappa shape index (κ2) is 8.91. The summed E-state index contributed by atoms with van der Waals surface area (Å²) in [5.41, 5.74) is 1.13. The summed E-state index contributed by atoms with van der Waals surface area (Å²) in [6, 6.07) is 11.6. The van der Waals surface area contributed by atoms with Gasteiger partial charge in [0.1, 0.15) is 23.2 Å². The first-order valence-electron chi connectivity index (χ1n) is 9.58. The molecule has 0 aromatic heterocycles. The van der Waals surface area contributed by atoms with Crippen LogP contribution in [-0.4, -0.2) is 37.6 Å². The van der Waals surface area contributed by atoms with Crippen LogP contribution in [0.4, 0.5) is 11.4 Å². The Bertz CT molecular complexity index is 902. The van der Waals surface area contributed by atoms with Crippen molar-refractivity contribution in [2.24, 2.45) is 0 Å². The molecule has 0 saturated carbocycles. The molecule has 2 aromatic rings. The number of likely N-dealkylation sites (tertiary alicyclic amines) is 1. The highest BCUT2D eigenvalue weighted by Gasteiger charge is 2.38. The van der Waals surface area contributed by atoms with Crippen LogP contribution >= 0.6 is 0 Å². The van der Waals surface area contributed by atoms with Gasteiger partial charge in [-0.2, -0.15) is 0 Å². The summed E-state index contributed by atoms with van der Waals surface area (Å²) in [4.78, 5) is 24.7. The molecule has 1 saturated heterocycles. The number of nitro groups is 1. The van der Waals surface area contributed by atoms with Gasteiger partial charge >= 0.3 is 0 Å². The maximum Gasteiger partial charge on any atom is 0.292 e. The number of para-hydroxylation sites is 2. The lowest BCUT2D eigenvalue weighted by atomic mass is 10.0. The molecule has 1 aliphatic heterocycles. The van der Waals surface area contributed by atoms with Gasteiger partial charge in [0, 0.05) is 25.0 Å². The van der Waals surface area contributed by atoms with Crippen molar-refractivity contribution >= 4 is 17.3 Å². The van der Waals surface area contributed by atoms with E-state index < -0.39 is 4.92 Å². The Morgan fingerprint density at radius 2 is 2.00 bits per heavy atom. The maximum absolute atomic E-state index is 12.9. The second-order valence-corrected chi connectivity index (χ2v) is 7.11. The molecular formula is C21H26N3O5+. The Morgan fingerprint density at radius 1 is 1.24 bits per heavy atom. The average molecular weight is 400 g/mol. The van der Waals surface area contributed by atoms with E-state index in [0.717, 1.165) is 35.6 Å². The first kappa shape index (κ1) is 20.6. The van der Waals surface area contributed by atoms with Gasteiger partial charge in [-0.05, 0) is 25.1 Å². The van der Waals surface area contributed by atoms with E-state index in [1.165, 1.54) is 6.07 Å². The fourth-order valence-electron chi connectivity index (χ4n) is 4.00. The molecule has 3 atom stereocenters. The molecule has 1 aliphatic rings. The molecule has 1 amide bonds. The molecule has 3 rings (SSSR count). The van der Waals surface area contributed by atoms with Crippen molar-refractivity contribution in [1.29, 1.82) is 0 Å². The summed E-state index contributed by atoms with van der Waals surface area (Å²) in [5, 5.41) is 13.9. The largest absolute Gasteiger partial charge is 0.497 e. The van der Waals surface area contributed by atoms with Crippen LogP contribution in [0.2, 0.25) is 0 Å². The number of methoxy groups -OCH3 is 2. The minimum absolute atomic E-state index is 0.0994. The Morgan fingerprint density at radius 3 is 2.69 bits per heavy atom. The maximum atomic E-state index is 12.9. The summed E-state index contributed by atoms with van der Waals surface area (Å²) < 4.78 is 10.8. The predicted molar refractivity (Wildman–Crippen MR) is 109 cm³/mol. The molecule has 8 heteroatoms. The first-order valence-corrected chi connectivity index (χ1v) is 9.58. The Hall–Kier alpha value is -3.13. The fraction of sp³-hybridized carbons (Fsp3) is 0.381. The van der Waals surface area contributed by atoms with Gasteiger partial charge in [0.25, 0.3) is 11.6 Å². The average Bonchev–Trinajstić information content (AvgIpc) is 3.22. The lowest BCUT2D eigenvalue weighted by Crippen LogP contribution is -3.15. The lowest BCUT2D eigenvalue weighted by Gasteiger charge is -2.28. The number of nitrogens with zero attached hydrogens (tertiary/aromatic N) is 1. The van der Waals surface area contributed by atoms with Crippen LogP contribution in [0, 0.1) is 10.1 Å². The standard InChI is InChI=1S/C21H25N3O5/c1-14(21(25)22-17-7-4-5-8-19(17)24(26)27)23-12-6-9-18(23)16-11-10-15(28-2)13-20(16)29-3/h4-5,7-8,10-11,13-14,18H,6,9,12H2,1-3H3,(H,22,25)/p+1/t14-,18-/m1/s1. The fourth-order valence-corrected chi connectivity index (χ4v) is 4.00. The summed E-state index contributed by atoms with van der Waals surface area (Å²) in [7, 11) is 3.23. The number of quaternary nitrogens is 1. The topological polar surface area (TPSA) is 95.1 Å². The van der Waals surface area contributed by atoms with Gasteiger partial charge in [0.15, 0.2) is 6.04 Å². The van der Waals surface area contributed by atoms with Crippen LogP contribution in [0.3, 0.4) is 0 Å². The van der Waals surface area contributed by atoms with E-state index in [2.05, 4.69) is 5.32 Å². The normalized spacial score (nSPS) is 19.4. The third-order valence-electron chi connectivity index (χ3n) is 5.53. The van der Waals surface area contributed by atoms with Gasteiger partial charge in [-0.1, -0.05) is 12.1 Å². The van der Waals surface area contributed by atoms with Crippen LogP contribution in [0.15, 0.2) is 42.5 Å². The Labute approximate surface area is 169 Å². The number of nitrogens with one attached hydrogen (secondary N) is 2. The zero-order valence-corrected chi connectivity index (χ0v) is 16.8. The van der Waals surface area contributed by atoms with E-state index in [1.54, 1.807) is 32.4 Å². The first-order chi connectivity index (χ1) is 14.0. The summed E-state index contributed by atoms with van der Waals surface area (Å²) >= 11 is 0. The summed E-state index contributed by atoms with van der Waals surface area (Å²) in [6.07, 6.45) is 1.92. The van der Waals surface area contributed by atoms with Gasteiger partial charge < -0.3 is 19.7 Å². The molecule has 0 radical (unpaired) electrons. The SMILES string of the molecule is COc1ccc([C@H]2CCC[NH+]2[C@H](C)C(=O)Nc2ccccc2[N+](=O)[O-])c(OC)c1. The van der Waals surface area contributed by atoms with Crippen LogP contribution in [0.25, 0.3) is 0 Å². The Kier molecular flexibility index (Phi) is 6.33. The Balaban J connectivity index is 1.81. The van der Waals surface area contributed by atoms with Gasteiger partial charge in [0.2, 0.25) is 0 Å². The number of ether oxygens (including phenoxy) is 2. The van der Waals surface area contributed by atoms with Crippen LogP contribution in [0.1, 0.15) is 31.4 Å². The van der Waals surface area contributed by atoms with Gasteiger partial charge in [0.05, 0.1) is 31.3 Å². The van der Waals surface area contributed by atoms with Crippen molar-refractivity contribution in [3.05, 3.63) is 58.1 Å². The van der Waals surface area contributed by atoms with E-state index >= 15 is 0 Å². The third-order valence-corrected chi connectivity index (χ3v) is 5.53. The monoisotopic (exact) mass is 400 g/mol. The molecule has 1 fully saturated rings. The second-order valence-electron chi connectivity index (χ2n) is 7.11. The summed E-state index contributed by atoms with van der Waals surface area (Å²) in [6.45, 7) is 2.69. The predicted octanol–water partition coefficient (Wildman–Crippen LogP) is 2.36. The lowest BCUT2D eigenvalue weighted by molar-refractivity contribution is -0.932. The quantitative estimate of drug-likeness (QED) is 0.550. The molecular weight excluding hydrogens is 374 g/mol. The third kappa shape index (κ3) is 4.32. The number of benzene rings is 2. The smallest absolute Gasteiger partial charge is 0.292 e. The number of carbonyl (C=O) groups excluding carboxylic acids is 1. The number of amides is 1. The van der Waals surface area contributed by atoms with Crippen LogP contribution in [0.5, 0.6) is 11.5 Å². The highest BCUT2D eigenvalue weighted by atomic mass is 16.6. The number of nitro benzene ring substituents is 1. The summed E-state index contributed by atoms with van der Waals surface area (Å²) in [5.74, 6) is 1.21. The number of anilines is 1. The minimum Gasteiger partial charge on any atom is -0.497 e. The number of hydrogen-bond donors (Lipinski definition) is 2. The van der Waals surface area contributed by atoms with E-state index in [-0.39, 0.29) is 29.4 Å². The zero-order chi connectivity index (χ0) is 21.0. The van der Waals surface area contributed by atoms with Crippen molar-refractivity contribution in [3.8, 4) is 11.5 Å². The van der Waals surface area contributed by atoms with Crippen LogP contribution < -0.4 is 19.7 Å². The molecule has 1 heterocycles. The highest BCUT2D eigenvalue weighted by Crippen LogP contribution is 2.32. The van der Waals surface area contributed by atoms with Gasteiger partial charge in [-0.15, -0.1) is 0 Å². The van der Waals surface area contributed by atoms with E-state index in [9.17, 15) is 14.9 Å². The van der Waals surface area contributed by atoms with Crippen molar-refractivity contribution in [3.63, 3.8) is 0 Å². The molecule has 2 N–H and O–H groups in total. The molecule has 0 aliphatic carbocycles. The van der Waals surface area contributed by atoms with Gasteiger partial charge in [-0.25, -0.2) is 0 Å². The molecule has 2 aromatic carbocycles. The number of hydrogen-bond acceptors (Lipinski definition) is 5. The van der Waals surface area contributed by atoms with Crippen molar-refractivity contribution in [2.75, 3.05) is 26.1 Å². The molecule has 8 nitrogen and oxygen atoms in total. The zero-order valence-electron chi connectivity index (χ0n) is 16.8. The van der Waals surface area contributed by atoms with Crippen molar-refractivity contribution in [2.45, 2.75) is 31.8 Å². The minimum atomic E-state index is -0.492. The highest BCUT2D eigenvalue weighted by molar-refractivity contribution is 5.95. The van der Waals surface area contributed by atoms with E-state index in [4.69, 9.17) is 9.47 Å². The number of rotatable bonds is 7. The van der Waals surface area contributed by atoms with E-state index in [0.29, 0.717) is 5.75 Å². The number of carbonyl (C=O) groups is 1. The van der Waals surface area contributed by atoms with E-state index in [1.807, 2.05) is 25.1 Å². The molecule has 29 heavy (non-hydrogen) atoms.